The SMILES string of the molecule is COCc1cccc(NC(=O)NCc2ccn[nH]2)c1. The first-order valence-corrected chi connectivity index (χ1v) is 5.89. The van der Waals surface area contributed by atoms with Crippen molar-refractivity contribution in [3.63, 3.8) is 0 Å². The molecule has 6 nitrogen and oxygen atoms in total. The number of ether oxygens (including phenoxy) is 1. The van der Waals surface area contributed by atoms with Crippen molar-refractivity contribution in [2.75, 3.05) is 12.4 Å². The maximum Gasteiger partial charge on any atom is 0.319 e. The van der Waals surface area contributed by atoms with Gasteiger partial charge in [-0.3, -0.25) is 5.10 Å². The highest BCUT2D eigenvalue weighted by Crippen LogP contribution is 2.11. The summed E-state index contributed by atoms with van der Waals surface area (Å²) >= 11 is 0. The molecule has 0 fully saturated rings. The zero-order valence-corrected chi connectivity index (χ0v) is 10.6. The smallest absolute Gasteiger partial charge is 0.319 e. The zero-order valence-electron chi connectivity index (χ0n) is 10.6. The van der Waals surface area contributed by atoms with Gasteiger partial charge in [0.05, 0.1) is 18.8 Å². The monoisotopic (exact) mass is 260 g/mol. The van der Waals surface area contributed by atoms with E-state index in [9.17, 15) is 4.79 Å². The molecule has 2 aromatic rings. The quantitative estimate of drug-likeness (QED) is 0.768. The molecular formula is C13H16N4O2. The van der Waals surface area contributed by atoms with Crippen molar-refractivity contribution in [1.82, 2.24) is 15.5 Å². The van der Waals surface area contributed by atoms with Crippen LogP contribution in [0.2, 0.25) is 0 Å². The van der Waals surface area contributed by atoms with E-state index >= 15 is 0 Å². The van der Waals surface area contributed by atoms with Crippen LogP contribution in [0.4, 0.5) is 10.5 Å². The van der Waals surface area contributed by atoms with Crippen molar-refractivity contribution >= 4 is 11.7 Å². The van der Waals surface area contributed by atoms with Gasteiger partial charge < -0.3 is 15.4 Å². The lowest BCUT2D eigenvalue weighted by Crippen LogP contribution is -2.28. The number of H-pyrrole nitrogens is 1. The van der Waals surface area contributed by atoms with Crippen LogP contribution in [0, 0.1) is 0 Å². The molecule has 0 aliphatic rings. The molecule has 100 valence electrons. The summed E-state index contributed by atoms with van der Waals surface area (Å²) in [5.41, 5.74) is 2.59. The van der Waals surface area contributed by atoms with E-state index in [1.165, 1.54) is 0 Å². The van der Waals surface area contributed by atoms with E-state index in [0.717, 1.165) is 16.9 Å². The molecule has 0 aliphatic carbocycles. The molecule has 0 bridgehead atoms. The van der Waals surface area contributed by atoms with Gasteiger partial charge in [0.25, 0.3) is 0 Å². The molecule has 0 spiro atoms. The first-order chi connectivity index (χ1) is 9.28. The molecule has 6 heteroatoms. The summed E-state index contributed by atoms with van der Waals surface area (Å²) in [5.74, 6) is 0. The minimum Gasteiger partial charge on any atom is -0.380 e. The number of aromatic nitrogens is 2. The Kier molecular flexibility index (Phi) is 4.52. The number of hydrogen-bond acceptors (Lipinski definition) is 3. The zero-order chi connectivity index (χ0) is 13.5. The molecule has 1 heterocycles. The summed E-state index contributed by atoms with van der Waals surface area (Å²) in [6.07, 6.45) is 1.64. The van der Waals surface area contributed by atoms with Gasteiger partial charge in [0.1, 0.15) is 0 Å². The van der Waals surface area contributed by atoms with E-state index in [0.29, 0.717) is 13.2 Å². The summed E-state index contributed by atoms with van der Waals surface area (Å²) in [5, 5.41) is 12.1. The lowest BCUT2D eigenvalue weighted by Gasteiger charge is -2.08. The average molecular weight is 260 g/mol. The molecule has 0 saturated carbocycles. The number of methoxy groups -OCH3 is 1. The van der Waals surface area contributed by atoms with Crippen LogP contribution in [-0.2, 0) is 17.9 Å². The van der Waals surface area contributed by atoms with Gasteiger partial charge >= 0.3 is 6.03 Å². The minimum atomic E-state index is -0.260. The second-order valence-electron chi connectivity index (χ2n) is 4.02. The van der Waals surface area contributed by atoms with Crippen molar-refractivity contribution in [2.24, 2.45) is 0 Å². The predicted octanol–water partition coefficient (Wildman–Crippen LogP) is 1.88. The Balaban J connectivity index is 1.86. The number of urea groups is 1. The van der Waals surface area contributed by atoms with E-state index in [1.807, 2.05) is 24.3 Å². The Morgan fingerprint density at radius 2 is 2.32 bits per heavy atom. The third kappa shape index (κ3) is 4.11. The Hall–Kier alpha value is -2.34. The topological polar surface area (TPSA) is 79.0 Å². The number of hydrogen-bond donors (Lipinski definition) is 3. The fraction of sp³-hybridized carbons (Fsp3) is 0.231. The van der Waals surface area contributed by atoms with E-state index in [4.69, 9.17) is 4.74 Å². The molecule has 0 unspecified atom stereocenters. The lowest BCUT2D eigenvalue weighted by atomic mass is 10.2. The number of rotatable bonds is 5. The molecule has 0 radical (unpaired) electrons. The maximum absolute atomic E-state index is 11.7. The molecule has 19 heavy (non-hydrogen) atoms. The number of carbonyl (C=O) groups excluding carboxylic acids is 1. The second kappa shape index (κ2) is 6.55. The highest BCUT2D eigenvalue weighted by molar-refractivity contribution is 5.89. The largest absolute Gasteiger partial charge is 0.380 e. The summed E-state index contributed by atoms with van der Waals surface area (Å²) in [6.45, 7) is 0.925. The molecule has 0 aliphatic heterocycles. The number of anilines is 1. The fourth-order valence-electron chi connectivity index (χ4n) is 1.64. The maximum atomic E-state index is 11.7. The van der Waals surface area contributed by atoms with E-state index in [2.05, 4.69) is 20.8 Å². The Morgan fingerprint density at radius 3 is 3.05 bits per heavy atom. The van der Waals surface area contributed by atoms with Gasteiger partial charge in [-0.15, -0.1) is 0 Å². The predicted molar refractivity (Wildman–Crippen MR) is 71.6 cm³/mol. The Labute approximate surface area is 111 Å². The molecule has 1 aromatic carbocycles. The minimum absolute atomic E-state index is 0.260. The third-order valence-electron chi connectivity index (χ3n) is 2.49. The molecule has 0 atom stereocenters. The van der Waals surface area contributed by atoms with E-state index in [-0.39, 0.29) is 6.03 Å². The number of benzene rings is 1. The van der Waals surface area contributed by atoms with Gasteiger partial charge in [0.2, 0.25) is 0 Å². The summed E-state index contributed by atoms with van der Waals surface area (Å²) in [6, 6.07) is 9.06. The van der Waals surface area contributed by atoms with Crippen LogP contribution in [0.25, 0.3) is 0 Å². The normalized spacial score (nSPS) is 10.2. The van der Waals surface area contributed by atoms with Gasteiger partial charge in [-0.05, 0) is 23.8 Å². The highest BCUT2D eigenvalue weighted by Gasteiger charge is 2.03. The van der Waals surface area contributed by atoms with Crippen molar-refractivity contribution in [3.05, 3.63) is 47.8 Å². The Bertz CT molecular complexity index is 525. The van der Waals surface area contributed by atoms with Crippen molar-refractivity contribution in [1.29, 1.82) is 0 Å². The van der Waals surface area contributed by atoms with Crippen LogP contribution in [0.15, 0.2) is 36.5 Å². The molecule has 2 rings (SSSR count). The molecule has 0 saturated heterocycles. The van der Waals surface area contributed by atoms with Crippen LogP contribution in [0.1, 0.15) is 11.3 Å². The van der Waals surface area contributed by atoms with Gasteiger partial charge in [0, 0.05) is 19.0 Å². The van der Waals surface area contributed by atoms with Gasteiger partial charge in [-0.2, -0.15) is 5.10 Å². The summed E-state index contributed by atoms with van der Waals surface area (Å²) in [4.78, 5) is 11.7. The standard InChI is InChI=1S/C13H16N4O2/c1-19-9-10-3-2-4-11(7-10)16-13(18)14-8-12-5-6-15-17-12/h2-7H,8-9H2,1H3,(H,15,17)(H2,14,16,18). The first-order valence-electron chi connectivity index (χ1n) is 5.89. The van der Waals surface area contributed by atoms with E-state index < -0.39 is 0 Å². The first kappa shape index (κ1) is 13.1. The van der Waals surface area contributed by atoms with Crippen LogP contribution in [0.3, 0.4) is 0 Å². The summed E-state index contributed by atoms with van der Waals surface area (Å²) < 4.78 is 5.04. The molecule has 3 N–H and O–H groups in total. The molecular weight excluding hydrogens is 244 g/mol. The van der Waals surface area contributed by atoms with Crippen molar-refractivity contribution in [2.45, 2.75) is 13.2 Å². The summed E-state index contributed by atoms with van der Waals surface area (Å²) in [7, 11) is 1.64. The van der Waals surface area contributed by atoms with E-state index in [1.54, 1.807) is 19.4 Å². The number of nitrogens with zero attached hydrogens (tertiary/aromatic N) is 1. The molecule has 1 aromatic heterocycles. The fourth-order valence-corrected chi connectivity index (χ4v) is 1.64. The number of nitrogens with one attached hydrogen (secondary N) is 3. The van der Waals surface area contributed by atoms with Crippen LogP contribution < -0.4 is 10.6 Å². The number of aromatic amines is 1. The van der Waals surface area contributed by atoms with Crippen molar-refractivity contribution in [3.8, 4) is 0 Å². The number of carbonyl (C=O) groups is 1. The number of amides is 2. The second-order valence-corrected chi connectivity index (χ2v) is 4.02. The van der Waals surface area contributed by atoms with Crippen LogP contribution in [0.5, 0.6) is 0 Å². The van der Waals surface area contributed by atoms with Gasteiger partial charge in [-0.25, -0.2) is 4.79 Å². The van der Waals surface area contributed by atoms with Gasteiger partial charge in [0.15, 0.2) is 0 Å². The van der Waals surface area contributed by atoms with Crippen molar-refractivity contribution < 1.29 is 9.53 Å². The van der Waals surface area contributed by atoms with Gasteiger partial charge in [-0.1, -0.05) is 12.1 Å². The third-order valence-corrected chi connectivity index (χ3v) is 2.49. The van der Waals surface area contributed by atoms with Crippen LogP contribution in [-0.4, -0.2) is 23.3 Å². The highest BCUT2D eigenvalue weighted by atomic mass is 16.5. The molecule has 2 amide bonds. The Morgan fingerprint density at radius 1 is 1.42 bits per heavy atom. The van der Waals surface area contributed by atoms with Crippen LogP contribution >= 0.6 is 0 Å². The lowest BCUT2D eigenvalue weighted by molar-refractivity contribution is 0.185. The average Bonchev–Trinajstić information content (AvgIpc) is 2.90.